The van der Waals surface area contributed by atoms with E-state index in [0.717, 1.165) is 18.8 Å². The summed E-state index contributed by atoms with van der Waals surface area (Å²) in [5.41, 5.74) is 3.70. The molecule has 0 saturated carbocycles. The molecular formula is C15H14BrN3S. The Kier molecular flexibility index (Phi) is 4.18. The first-order valence-corrected chi connectivity index (χ1v) is 7.98. The molecule has 0 amide bonds. The number of thiophene rings is 1. The fourth-order valence-corrected chi connectivity index (χ4v) is 3.22. The molecule has 2 aromatic heterocycles. The minimum Gasteiger partial charge on any atom is -0.381 e. The quantitative estimate of drug-likeness (QED) is 0.742. The maximum atomic E-state index is 4.06. The molecule has 3 rings (SSSR count). The highest BCUT2D eigenvalue weighted by Gasteiger charge is 2.00. The zero-order chi connectivity index (χ0) is 13.8. The zero-order valence-corrected chi connectivity index (χ0v) is 13.2. The predicted molar refractivity (Wildman–Crippen MR) is 87.1 cm³/mol. The van der Waals surface area contributed by atoms with Gasteiger partial charge in [-0.2, -0.15) is 0 Å². The van der Waals surface area contributed by atoms with Crippen molar-refractivity contribution in [1.29, 1.82) is 0 Å². The lowest BCUT2D eigenvalue weighted by Crippen LogP contribution is -2.00. The van der Waals surface area contributed by atoms with Gasteiger partial charge in [-0.15, -0.1) is 11.3 Å². The summed E-state index contributed by atoms with van der Waals surface area (Å²) in [6.07, 6.45) is 5.61. The van der Waals surface area contributed by atoms with Crippen molar-refractivity contribution >= 4 is 33.0 Å². The molecule has 0 bridgehead atoms. The van der Waals surface area contributed by atoms with Crippen LogP contribution in [0.5, 0.6) is 0 Å². The molecular weight excluding hydrogens is 334 g/mol. The molecule has 0 aliphatic carbocycles. The predicted octanol–water partition coefficient (Wildman–Crippen LogP) is 4.37. The van der Waals surface area contributed by atoms with Crippen LogP contribution >= 0.6 is 27.3 Å². The van der Waals surface area contributed by atoms with Crippen molar-refractivity contribution in [3.05, 3.63) is 69.3 Å². The van der Waals surface area contributed by atoms with E-state index >= 15 is 0 Å². The van der Waals surface area contributed by atoms with Gasteiger partial charge in [-0.3, -0.25) is 0 Å². The highest BCUT2D eigenvalue weighted by Crippen LogP contribution is 2.21. The van der Waals surface area contributed by atoms with Crippen LogP contribution in [0.1, 0.15) is 11.1 Å². The van der Waals surface area contributed by atoms with Crippen LogP contribution in [0, 0.1) is 0 Å². The van der Waals surface area contributed by atoms with Gasteiger partial charge in [0.15, 0.2) is 0 Å². The molecule has 0 atom stereocenters. The van der Waals surface area contributed by atoms with E-state index in [-0.39, 0.29) is 0 Å². The second-order valence-electron chi connectivity index (χ2n) is 4.55. The van der Waals surface area contributed by atoms with E-state index in [9.17, 15) is 0 Å². The van der Waals surface area contributed by atoms with Gasteiger partial charge in [-0.05, 0) is 50.6 Å². The summed E-state index contributed by atoms with van der Waals surface area (Å²) in [6.45, 7) is 1.69. The molecule has 0 aliphatic heterocycles. The molecule has 0 radical (unpaired) electrons. The largest absolute Gasteiger partial charge is 0.381 e. The minimum absolute atomic E-state index is 0.844. The molecule has 0 fully saturated rings. The Balaban J connectivity index is 1.65. The van der Waals surface area contributed by atoms with E-state index in [1.807, 2.05) is 12.5 Å². The number of rotatable bonds is 5. The second kappa shape index (κ2) is 6.24. The molecule has 0 aliphatic rings. The summed E-state index contributed by atoms with van der Waals surface area (Å²) in [6, 6.07) is 10.6. The summed E-state index contributed by atoms with van der Waals surface area (Å²) in [5, 5.41) is 5.61. The van der Waals surface area contributed by atoms with Gasteiger partial charge in [0, 0.05) is 31.2 Å². The van der Waals surface area contributed by atoms with E-state index in [2.05, 4.69) is 66.5 Å². The van der Waals surface area contributed by atoms with Gasteiger partial charge in [0.25, 0.3) is 0 Å². The van der Waals surface area contributed by atoms with Crippen molar-refractivity contribution in [2.75, 3.05) is 5.32 Å². The number of nitrogens with zero attached hydrogens (tertiary/aromatic N) is 2. The lowest BCUT2D eigenvalue weighted by Gasteiger charge is -2.08. The minimum atomic E-state index is 0.844. The third-order valence-corrected chi connectivity index (χ3v) is 4.52. The van der Waals surface area contributed by atoms with E-state index in [1.165, 1.54) is 14.9 Å². The number of imidazole rings is 1. The van der Waals surface area contributed by atoms with Crippen LogP contribution in [-0.4, -0.2) is 9.55 Å². The fourth-order valence-electron chi connectivity index (χ4n) is 2.01. The maximum Gasteiger partial charge on any atom is 0.0949 e. The van der Waals surface area contributed by atoms with Crippen LogP contribution in [0.3, 0.4) is 0 Å². The SMILES string of the molecule is Brc1cc(CNc2cccc(Cn3ccnc3)c2)cs1. The number of hydrogen-bond acceptors (Lipinski definition) is 3. The highest BCUT2D eigenvalue weighted by molar-refractivity contribution is 9.11. The summed E-state index contributed by atoms with van der Waals surface area (Å²) in [7, 11) is 0. The van der Waals surface area contributed by atoms with Gasteiger partial charge in [-0.25, -0.2) is 4.98 Å². The molecule has 3 nitrogen and oxygen atoms in total. The molecule has 20 heavy (non-hydrogen) atoms. The molecule has 2 heterocycles. The maximum absolute atomic E-state index is 4.06. The van der Waals surface area contributed by atoms with E-state index in [0.29, 0.717) is 0 Å². The monoisotopic (exact) mass is 347 g/mol. The van der Waals surface area contributed by atoms with Crippen molar-refractivity contribution in [3.8, 4) is 0 Å². The fraction of sp³-hybridized carbons (Fsp3) is 0.133. The van der Waals surface area contributed by atoms with Crippen LogP contribution < -0.4 is 5.32 Å². The molecule has 0 saturated heterocycles. The first-order valence-electron chi connectivity index (χ1n) is 6.31. The molecule has 0 spiro atoms. The first-order chi connectivity index (χ1) is 9.79. The van der Waals surface area contributed by atoms with Crippen molar-refractivity contribution in [3.63, 3.8) is 0 Å². The molecule has 102 valence electrons. The number of halogens is 1. The van der Waals surface area contributed by atoms with Gasteiger partial charge < -0.3 is 9.88 Å². The standard InChI is InChI=1S/C15H14BrN3S/c16-15-7-13(10-20-15)8-18-14-3-1-2-12(6-14)9-19-5-4-17-11-19/h1-7,10-11,18H,8-9H2. The van der Waals surface area contributed by atoms with Crippen LogP contribution in [0.15, 0.2) is 58.2 Å². The van der Waals surface area contributed by atoms with E-state index in [4.69, 9.17) is 0 Å². The molecule has 5 heteroatoms. The van der Waals surface area contributed by atoms with E-state index in [1.54, 1.807) is 17.5 Å². The van der Waals surface area contributed by atoms with Crippen molar-refractivity contribution in [1.82, 2.24) is 9.55 Å². The van der Waals surface area contributed by atoms with Gasteiger partial charge in [0.1, 0.15) is 0 Å². The Bertz CT molecular complexity index is 676. The van der Waals surface area contributed by atoms with Crippen molar-refractivity contribution in [2.45, 2.75) is 13.1 Å². The molecule has 0 unspecified atom stereocenters. The summed E-state index contributed by atoms with van der Waals surface area (Å²) >= 11 is 5.20. The van der Waals surface area contributed by atoms with Crippen LogP contribution in [0.2, 0.25) is 0 Å². The third kappa shape index (κ3) is 3.49. The summed E-state index contributed by atoms with van der Waals surface area (Å²) in [4.78, 5) is 4.06. The van der Waals surface area contributed by atoms with Crippen molar-refractivity contribution < 1.29 is 0 Å². The normalized spacial score (nSPS) is 10.7. The van der Waals surface area contributed by atoms with Crippen molar-refractivity contribution in [2.24, 2.45) is 0 Å². The Morgan fingerprint density at radius 1 is 1.25 bits per heavy atom. The van der Waals surface area contributed by atoms with Crippen LogP contribution in [-0.2, 0) is 13.1 Å². The molecule has 3 aromatic rings. The zero-order valence-electron chi connectivity index (χ0n) is 10.8. The summed E-state index contributed by atoms with van der Waals surface area (Å²) < 4.78 is 3.23. The van der Waals surface area contributed by atoms with Gasteiger partial charge in [0.05, 0.1) is 10.1 Å². The van der Waals surface area contributed by atoms with Crippen LogP contribution in [0.4, 0.5) is 5.69 Å². The van der Waals surface area contributed by atoms with Crippen LogP contribution in [0.25, 0.3) is 0 Å². The number of anilines is 1. The Morgan fingerprint density at radius 2 is 2.20 bits per heavy atom. The smallest absolute Gasteiger partial charge is 0.0949 e. The second-order valence-corrected chi connectivity index (χ2v) is 6.84. The average Bonchev–Trinajstić information content (AvgIpc) is 3.09. The number of hydrogen-bond donors (Lipinski definition) is 1. The Labute approximate surface area is 130 Å². The lowest BCUT2D eigenvalue weighted by atomic mass is 10.2. The third-order valence-electron chi connectivity index (χ3n) is 2.97. The molecule has 1 aromatic carbocycles. The van der Waals surface area contributed by atoms with Gasteiger partial charge in [0.2, 0.25) is 0 Å². The summed E-state index contributed by atoms with van der Waals surface area (Å²) in [5.74, 6) is 0. The first kappa shape index (κ1) is 13.4. The van der Waals surface area contributed by atoms with Gasteiger partial charge >= 0.3 is 0 Å². The topological polar surface area (TPSA) is 29.9 Å². The lowest BCUT2D eigenvalue weighted by molar-refractivity contribution is 0.797. The highest BCUT2D eigenvalue weighted by atomic mass is 79.9. The number of nitrogens with one attached hydrogen (secondary N) is 1. The number of aromatic nitrogens is 2. The molecule has 1 N–H and O–H groups in total. The Morgan fingerprint density at radius 3 is 2.95 bits per heavy atom. The van der Waals surface area contributed by atoms with E-state index < -0.39 is 0 Å². The van der Waals surface area contributed by atoms with Gasteiger partial charge in [-0.1, -0.05) is 12.1 Å². The number of benzene rings is 1. The Hall–Kier alpha value is -1.59. The average molecular weight is 348 g/mol.